The van der Waals surface area contributed by atoms with E-state index in [1.165, 1.54) is 30.6 Å². The Kier molecular flexibility index (Phi) is 8.03. The highest BCUT2D eigenvalue weighted by Gasteiger charge is 2.27. The molecular weight excluding hydrogens is 452 g/mol. The van der Waals surface area contributed by atoms with Crippen LogP contribution in [-0.4, -0.2) is 39.2 Å². The molecule has 0 spiro atoms. The molecule has 0 aliphatic heterocycles. The Labute approximate surface area is 191 Å². The number of hydrogen-bond acceptors (Lipinski definition) is 7. The van der Waals surface area contributed by atoms with Gasteiger partial charge in [0.1, 0.15) is 5.00 Å². The fourth-order valence-electron chi connectivity index (χ4n) is 3.63. The van der Waals surface area contributed by atoms with Crippen molar-refractivity contribution in [3.05, 3.63) is 46.3 Å². The first-order valence-electron chi connectivity index (χ1n) is 10.4. The summed E-state index contributed by atoms with van der Waals surface area (Å²) in [6.07, 6.45) is 3.75. The Morgan fingerprint density at radius 3 is 2.50 bits per heavy atom. The number of carbonyl (C=O) groups excluding carboxylic acids is 3. The van der Waals surface area contributed by atoms with Gasteiger partial charge in [0.05, 0.1) is 23.3 Å². The monoisotopic (exact) mass is 478 g/mol. The molecule has 3 amide bonds. The van der Waals surface area contributed by atoms with Gasteiger partial charge in [-0.25, -0.2) is 13.2 Å². The minimum atomic E-state index is -3.47. The maximum Gasteiger partial charge on any atom is 0.413 e. The van der Waals surface area contributed by atoms with Crippen LogP contribution in [0.25, 0.3) is 0 Å². The lowest BCUT2D eigenvalue weighted by atomic mass is 10.0. The third-order valence-corrected chi connectivity index (χ3v) is 8.25. The summed E-state index contributed by atoms with van der Waals surface area (Å²) in [6, 6.07) is 8.10. The van der Waals surface area contributed by atoms with Crippen LogP contribution >= 0.6 is 11.3 Å². The van der Waals surface area contributed by atoms with Crippen LogP contribution in [-0.2, 0) is 32.2 Å². The molecule has 0 saturated carbocycles. The number of ether oxygens (including phenoxy) is 1. The van der Waals surface area contributed by atoms with Gasteiger partial charge in [-0.05, 0) is 49.8 Å². The summed E-state index contributed by atoms with van der Waals surface area (Å²) in [4.78, 5) is 38.1. The van der Waals surface area contributed by atoms with Crippen molar-refractivity contribution in [2.75, 3.05) is 18.2 Å². The number of nitrogens with one attached hydrogen (secondary N) is 2. The second-order valence-electron chi connectivity index (χ2n) is 7.50. The molecule has 8 nitrogen and oxygen atoms in total. The van der Waals surface area contributed by atoms with E-state index >= 15 is 0 Å². The van der Waals surface area contributed by atoms with E-state index in [1.807, 2.05) is 0 Å². The van der Waals surface area contributed by atoms with E-state index in [-0.39, 0.29) is 29.4 Å². The molecule has 1 aliphatic rings. The van der Waals surface area contributed by atoms with Crippen LogP contribution in [0.2, 0.25) is 0 Å². The fraction of sp³-hybridized carbons (Fsp3) is 0.409. The van der Waals surface area contributed by atoms with Gasteiger partial charge in [0.15, 0.2) is 9.84 Å². The number of hydrogen-bond donors (Lipinski definition) is 2. The summed E-state index contributed by atoms with van der Waals surface area (Å²) in [5.41, 5.74) is 1.15. The minimum absolute atomic E-state index is 0.00725. The van der Waals surface area contributed by atoms with E-state index in [0.29, 0.717) is 17.0 Å². The zero-order valence-electron chi connectivity index (χ0n) is 17.8. The van der Waals surface area contributed by atoms with E-state index in [4.69, 9.17) is 0 Å². The Balaban J connectivity index is 1.70. The molecule has 0 unspecified atom stereocenters. The van der Waals surface area contributed by atoms with Crippen molar-refractivity contribution < 1.29 is 27.5 Å². The average Bonchev–Trinajstić information content (AvgIpc) is 2.94. The molecule has 172 valence electrons. The van der Waals surface area contributed by atoms with Crippen LogP contribution in [0.4, 0.5) is 9.80 Å². The third-order valence-electron chi connectivity index (χ3n) is 5.22. The van der Waals surface area contributed by atoms with Crippen LogP contribution in [0.3, 0.4) is 0 Å². The lowest BCUT2D eigenvalue weighted by molar-refractivity contribution is -0.116. The van der Waals surface area contributed by atoms with Crippen molar-refractivity contribution in [1.29, 1.82) is 0 Å². The molecule has 1 aromatic carbocycles. The standard InChI is InChI=1S/C22H26N2O6S2/c1-30-22(27)24-20(26)19-16-11-6-3-7-12-17(16)31-21(19)23-18(25)13-8-14-32(28,29)15-9-4-2-5-10-15/h2,4-5,9-10H,3,6-8,11-14H2,1H3,(H,23,25)(H,24,26,27). The zero-order chi connectivity index (χ0) is 23.1. The molecular formula is C22H26N2O6S2. The molecule has 3 rings (SSSR count). The van der Waals surface area contributed by atoms with Crippen molar-refractivity contribution in [3.63, 3.8) is 0 Å². The number of sulfone groups is 1. The highest BCUT2D eigenvalue weighted by Crippen LogP contribution is 2.37. The number of benzene rings is 1. The molecule has 0 atom stereocenters. The number of thiophene rings is 1. The van der Waals surface area contributed by atoms with E-state index in [9.17, 15) is 22.8 Å². The van der Waals surface area contributed by atoms with Crippen molar-refractivity contribution in [2.45, 2.75) is 49.8 Å². The molecule has 1 aromatic heterocycles. The van der Waals surface area contributed by atoms with Crippen molar-refractivity contribution in [3.8, 4) is 0 Å². The highest BCUT2D eigenvalue weighted by atomic mass is 32.2. The molecule has 0 bridgehead atoms. The van der Waals surface area contributed by atoms with Gasteiger partial charge in [0, 0.05) is 11.3 Å². The molecule has 1 aliphatic carbocycles. The van der Waals surface area contributed by atoms with E-state index in [0.717, 1.165) is 36.1 Å². The number of imide groups is 1. The number of carbonyl (C=O) groups is 3. The highest BCUT2D eigenvalue weighted by molar-refractivity contribution is 7.91. The summed E-state index contributed by atoms with van der Waals surface area (Å²) < 4.78 is 29.3. The van der Waals surface area contributed by atoms with Gasteiger partial charge >= 0.3 is 6.09 Å². The first-order valence-corrected chi connectivity index (χ1v) is 12.9. The lowest BCUT2D eigenvalue weighted by Crippen LogP contribution is -2.31. The van der Waals surface area contributed by atoms with Gasteiger partial charge in [0.2, 0.25) is 5.91 Å². The number of alkyl carbamates (subject to hydrolysis) is 1. The summed E-state index contributed by atoms with van der Waals surface area (Å²) in [5, 5.41) is 5.32. The first kappa shape index (κ1) is 23.9. The number of aryl methyl sites for hydroxylation is 1. The summed E-state index contributed by atoms with van der Waals surface area (Å²) >= 11 is 1.34. The van der Waals surface area contributed by atoms with Crippen molar-refractivity contribution >= 4 is 44.1 Å². The number of methoxy groups -OCH3 is 1. The maximum absolute atomic E-state index is 12.7. The van der Waals surface area contributed by atoms with Crippen LogP contribution in [0.1, 0.15) is 52.9 Å². The summed E-state index contributed by atoms with van der Waals surface area (Å²) in [5.74, 6) is -1.14. The van der Waals surface area contributed by atoms with Crippen molar-refractivity contribution in [1.82, 2.24) is 5.32 Å². The largest absolute Gasteiger partial charge is 0.453 e. The second-order valence-corrected chi connectivity index (χ2v) is 10.7. The molecule has 0 radical (unpaired) electrons. The van der Waals surface area contributed by atoms with Gasteiger partial charge < -0.3 is 10.1 Å². The Morgan fingerprint density at radius 2 is 1.78 bits per heavy atom. The quantitative estimate of drug-likeness (QED) is 0.586. The lowest BCUT2D eigenvalue weighted by Gasteiger charge is -2.09. The van der Waals surface area contributed by atoms with Gasteiger partial charge in [-0.2, -0.15) is 0 Å². The Hall–Kier alpha value is -2.72. The minimum Gasteiger partial charge on any atom is -0.453 e. The van der Waals surface area contributed by atoms with Gasteiger partial charge in [0.25, 0.3) is 5.91 Å². The van der Waals surface area contributed by atoms with Crippen LogP contribution in [0.15, 0.2) is 35.2 Å². The van der Waals surface area contributed by atoms with E-state index in [2.05, 4.69) is 15.4 Å². The number of rotatable bonds is 7. The molecule has 0 saturated heterocycles. The third kappa shape index (κ3) is 5.95. The summed E-state index contributed by atoms with van der Waals surface area (Å²) in [6.45, 7) is 0. The van der Waals surface area contributed by atoms with Gasteiger partial charge in [-0.3, -0.25) is 14.9 Å². The smallest absolute Gasteiger partial charge is 0.413 e. The van der Waals surface area contributed by atoms with E-state index in [1.54, 1.807) is 18.2 Å². The molecule has 1 heterocycles. The van der Waals surface area contributed by atoms with Crippen LogP contribution in [0.5, 0.6) is 0 Å². The average molecular weight is 479 g/mol. The maximum atomic E-state index is 12.7. The predicted molar refractivity (Wildman–Crippen MR) is 122 cm³/mol. The number of fused-ring (bicyclic) bond motifs is 1. The first-order chi connectivity index (χ1) is 15.3. The topological polar surface area (TPSA) is 119 Å². The molecule has 10 heteroatoms. The SMILES string of the molecule is COC(=O)NC(=O)c1c(NC(=O)CCCS(=O)(=O)c2ccccc2)sc2c1CCCCC2. The summed E-state index contributed by atoms with van der Waals surface area (Å²) in [7, 11) is -2.30. The van der Waals surface area contributed by atoms with Crippen LogP contribution < -0.4 is 10.6 Å². The second kappa shape index (κ2) is 10.7. The van der Waals surface area contributed by atoms with Crippen molar-refractivity contribution in [2.24, 2.45) is 0 Å². The number of anilines is 1. The van der Waals surface area contributed by atoms with E-state index < -0.39 is 21.8 Å². The van der Waals surface area contributed by atoms with Gasteiger partial charge in [-0.15, -0.1) is 11.3 Å². The molecule has 2 aromatic rings. The fourth-order valence-corrected chi connectivity index (χ4v) is 6.27. The zero-order valence-corrected chi connectivity index (χ0v) is 19.4. The predicted octanol–water partition coefficient (Wildman–Crippen LogP) is 3.71. The number of amides is 3. The van der Waals surface area contributed by atoms with Gasteiger partial charge in [-0.1, -0.05) is 24.6 Å². The molecule has 0 fully saturated rings. The molecule has 32 heavy (non-hydrogen) atoms. The Morgan fingerprint density at radius 1 is 1.06 bits per heavy atom. The molecule has 2 N–H and O–H groups in total. The normalized spacial score (nSPS) is 13.5. The Bertz CT molecular complexity index is 1090. The van der Waals surface area contributed by atoms with Crippen LogP contribution in [0, 0.1) is 0 Å².